The third-order valence-electron chi connectivity index (χ3n) is 4.84. The molecule has 0 unspecified atom stereocenters. The van der Waals surface area contributed by atoms with Crippen LogP contribution >= 0.6 is 23.5 Å². The van der Waals surface area contributed by atoms with Crippen molar-refractivity contribution >= 4 is 46.0 Å². The number of anilines is 1. The highest BCUT2D eigenvalue weighted by Gasteiger charge is 2.35. The number of nitrogens with zero attached hydrogens (tertiary/aromatic N) is 3. The Labute approximate surface area is 166 Å². The molecule has 0 atom stereocenters. The van der Waals surface area contributed by atoms with E-state index < -0.39 is 0 Å². The first kappa shape index (κ1) is 17.9. The van der Waals surface area contributed by atoms with E-state index in [1.54, 1.807) is 23.0 Å². The van der Waals surface area contributed by atoms with E-state index in [0.717, 1.165) is 22.2 Å². The minimum Gasteiger partial charge on any atom is -0.505 e. The maximum atomic E-state index is 13.1. The third-order valence-corrected chi connectivity index (χ3v) is 5.82. The van der Waals surface area contributed by atoms with Crippen LogP contribution in [0.4, 0.5) is 5.69 Å². The SMILES string of the molecule is CSN(C)c1c2c(c(O)c3ncccc13)C(=O)N(Cc1ccc(Cl)cc1)C2. The molecule has 0 radical (unpaired) electrons. The Morgan fingerprint density at radius 2 is 2.04 bits per heavy atom. The number of rotatable bonds is 4. The molecule has 2 heterocycles. The molecule has 1 aromatic heterocycles. The maximum Gasteiger partial charge on any atom is 0.258 e. The lowest BCUT2D eigenvalue weighted by Gasteiger charge is -2.21. The van der Waals surface area contributed by atoms with Gasteiger partial charge in [-0.3, -0.25) is 9.78 Å². The van der Waals surface area contributed by atoms with Crippen molar-refractivity contribution in [3.8, 4) is 5.75 Å². The number of aromatic nitrogens is 1. The van der Waals surface area contributed by atoms with Gasteiger partial charge in [-0.1, -0.05) is 35.7 Å². The molecule has 0 saturated carbocycles. The smallest absolute Gasteiger partial charge is 0.258 e. The lowest BCUT2D eigenvalue weighted by Crippen LogP contribution is -2.23. The van der Waals surface area contributed by atoms with Crippen LogP contribution in [-0.2, 0) is 13.1 Å². The first-order valence-electron chi connectivity index (χ1n) is 8.45. The molecule has 1 aliphatic heterocycles. The number of pyridine rings is 1. The summed E-state index contributed by atoms with van der Waals surface area (Å²) >= 11 is 7.51. The number of carbonyl (C=O) groups excluding carboxylic acids is 1. The Bertz CT molecular complexity index is 1040. The summed E-state index contributed by atoms with van der Waals surface area (Å²) in [7, 11) is 1.95. The number of aromatic hydroxyl groups is 1. The lowest BCUT2D eigenvalue weighted by molar-refractivity contribution is 0.0765. The summed E-state index contributed by atoms with van der Waals surface area (Å²) in [6.07, 6.45) is 3.60. The fourth-order valence-electron chi connectivity index (χ4n) is 3.52. The summed E-state index contributed by atoms with van der Waals surface area (Å²) in [5, 5.41) is 12.3. The van der Waals surface area contributed by atoms with Crippen molar-refractivity contribution in [2.45, 2.75) is 13.1 Å². The molecular formula is C20H18ClN3O2S. The van der Waals surface area contributed by atoms with Gasteiger partial charge in [-0.25, -0.2) is 0 Å². The summed E-state index contributed by atoms with van der Waals surface area (Å²) in [4.78, 5) is 19.1. The number of fused-ring (bicyclic) bond motifs is 2. The van der Waals surface area contributed by atoms with Crippen LogP contribution in [-0.4, -0.2) is 34.2 Å². The van der Waals surface area contributed by atoms with Gasteiger partial charge in [-0.2, -0.15) is 0 Å². The van der Waals surface area contributed by atoms with Crippen molar-refractivity contribution in [3.63, 3.8) is 0 Å². The van der Waals surface area contributed by atoms with Crippen molar-refractivity contribution in [2.24, 2.45) is 0 Å². The molecule has 5 nitrogen and oxygen atoms in total. The third kappa shape index (κ3) is 2.99. The largest absolute Gasteiger partial charge is 0.505 e. The van der Waals surface area contributed by atoms with Gasteiger partial charge < -0.3 is 14.3 Å². The number of benzene rings is 2. The zero-order valence-electron chi connectivity index (χ0n) is 14.9. The Hall–Kier alpha value is -2.44. The predicted octanol–water partition coefficient (Wildman–Crippen LogP) is 4.46. The second-order valence-electron chi connectivity index (χ2n) is 6.42. The fraction of sp³-hybridized carbons (Fsp3) is 0.200. The number of hydrogen-bond donors (Lipinski definition) is 1. The van der Waals surface area contributed by atoms with Crippen molar-refractivity contribution in [1.82, 2.24) is 9.88 Å². The minimum atomic E-state index is -0.180. The second-order valence-corrected chi connectivity index (χ2v) is 7.77. The van der Waals surface area contributed by atoms with Gasteiger partial charge in [0, 0.05) is 48.6 Å². The first-order chi connectivity index (χ1) is 13.0. The molecule has 1 aliphatic rings. The number of hydrogen-bond acceptors (Lipinski definition) is 5. The van der Waals surface area contributed by atoms with Crippen LogP contribution in [0.1, 0.15) is 21.5 Å². The first-order valence-corrected chi connectivity index (χ1v) is 10.0. The molecule has 0 spiro atoms. The molecular weight excluding hydrogens is 382 g/mol. The van der Waals surface area contributed by atoms with Gasteiger partial charge in [-0.05, 0) is 29.8 Å². The zero-order chi connectivity index (χ0) is 19.1. The average molecular weight is 400 g/mol. The van der Waals surface area contributed by atoms with Crippen LogP contribution in [0.2, 0.25) is 5.02 Å². The highest BCUT2D eigenvalue weighted by molar-refractivity contribution is 7.99. The Morgan fingerprint density at radius 1 is 1.30 bits per heavy atom. The van der Waals surface area contributed by atoms with Crippen LogP contribution in [0.5, 0.6) is 5.75 Å². The molecule has 2 aromatic carbocycles. The van der Waals surface area contributed by atoms with E-state index in [-0.39, 0.29) is 11.7 Å². The van der Waals surface area contributed by atoms with Gasteiger partial charge in [0.2, 0.25) is 0 Å². The van der Waals surface area contributed by atoms with Gasteiger partial charge in [0.05, 0.1) is 11.3 Å². The normalized spacial score (nSPS) is 13.3. The van der Waals surface area contributed by atoms with Gasteiger partial charge in [-0.15, -0.1) is 0 Å². The van der Waals surface area contributed by atoms with E-state index in [4.69, 9.17) is 11.6 Å². The molecule has 138 valence electrons. The molecule has 7 heteroatoms. The van der Waals surface area contributed by atoms with Crippen molar-refractivity contribution < 1.29 is 9.90 Å². The van der Waals surface area contributed by atoms with Crippen LogP contribution in [0, 0.1) is 0 Å². The van der Waals surface area contributed by atoms with Gasteiger partial charge in [0.25, 0.3) is 5.91 Å². The Kier molecular flexibility index (Phi) is 4.61. The number of halogens is 1. The quantitative estimate of drug-likeness (QED) is 0.656. The van der Waals surface area contributed by atoms with Crippen molar-refractivity contribution in [2.75, 3.05) is 17.6 Å². The van der Waals surface area contributed by atoms with Gasteiger partial charge >= 0.3 is 0 Å². The molecule has 4 rings (SSSR count). The molecule has 0 fully saturated rings. The number of carbonyl (C=O) groups is 1. The molecule has 0 bridgehead atoms. The van der Waals surface area contributed by atoms with Gasteiger partial charge in [0.15, 0.2) is 5.75 Å². The fourth-order valence-corrected chi connectivity index (χ4v) is 4.04. The summed E-state index contributed by atoms with van der Waals surface area (Å²) < 4.78 is 2.02. The lowest BCUT2D eigenvalue weighted by atomic mass is 10.0. The zero-order valence-corrected chi connectivity index (χ0v) is 16.5. The van der Waals surface area contributed by atoms with E-state index in [0.29, 0.717) is 29.2 Å². The molecule has 27 heavy (non-hydrogen) atoms. The molecule has 3 aromatic rings. The summed E-state index contributed by atoms with van der Waals surface area (Å²) in [5.41, 5.74) is 3.55. The minimum absolute atomic E-state index is 0.0394. The maximum absolute atomic E-state index is 13.1. The molecule has 0 saturated heterocycles. The highest BCUT2D eigenvalue weighted by Crippen LogP contribution is 2.44. The standard InChI is InChI=1S/C20H18ClN3O2S/c1-23(27-2)18-14-4-3-9-22-17(14)19(25)16-15(18)11-24(20(16)26)10-12-5-7-13(21)8-6-12/h3-9,25H,10-11H2,1-2H3. The number of phenolic OH excluding ortho intramolecular Hbond substituents is 1. The van der Waals surface area contributed by atoms with Crippen LogP contribution in [0.3, 0.4) is 0 Å². The number of amides is 1. The van der Waals surface area contributed by atoms with E-state index in [1.165, 1.54) is 0 Å². The summed E-state index contributed by atoms with van der Waals surface area (Å²) in [6.45, 7) is 0.895. The monoisotopic (exact) mass is 399 g/mol. The topological polar surface area (TPSA) is 56.7 Å². The molecule has 1 amide bonds. The van der Waals surface area contributed by atoms with Crippen molar-refractivity contribution in [3.05, 3.63) is 64.3 Å². The summed E-state index contributed by atoms with van der Waals surface area (Å²) in [5.74, 6) is -0.219. The predicted molar refractivity (Wildman–Crippen MR) is 110 cm³/mol. The number of phenols is 1. The van der Waals surface area contributed by atoms with E-state index >= 15 is 0 Å². The average Bonchev–Trinajstić information content (AvgIpc) is 3.00. The second kappa shape index (κ2) is 6.94. The highest BCUT2D eigenvalue weighted by atomic mass is 35.5. The Balaban J connectivity index is 1.83. The van der Waals surface area contributed by atoms with Gasteiger partial charge in [0.1, 0.15) is 5.52 Å². The van der Waals surface area contributed by atoms with Crippen LogP contribution < -0.4 is 4.31 Å². The van der Waals surface area contributed by atoms with Crippen LogP contribution in [0.25, 0.3) is 10.9 Å². The van der Waals surface area contributed by atoms with Crippen LogP contribution in [0.15, 0.2) is 42.6 Å². The molecule has 1 N–H and O–H groups in total. The molecule has 0 aliphatic carbocycles. The Morgan fingerprint density at radius 3 is 2.74 bits per heavy atom. The van der Waals surface area contributed by atoms with E-state index in [9.17, 15) is 9.90 Å². The van der Waals surface area contributed by atoms with E-state index in [1.807, 2.05) is 54.0 Å². The van der Waals surface area contributed by atoms with E-state index in [2.05, 4.69) is 4.98 Å². The summed E-state index contributed by atoms with van der Waals surface area (Å²) in [6, 6.07) is 11.2. The van der Waals surface area contributed by atoms with Crippen molar-refractivity contribution in [1.29, 1.82) is 0 Å².